The number of rotatable bonds is 7. The molecule has 2 N–H and O–H groups in total. The third-order valence-corrected chi connectivity index (χ3v) is 7.27. The number of para-hydroxylation sites is 2. The van der Waals surface area contributed by atoms with Gasteiger partial charge in [0.25, 0.3) is 12.3 Å². The fourth-order valence-corrected chi connectivity index (χ4v) is 5.25. The molecule has 1 aliphatic rings. The molecule has 0 saturated heterocycles. The van der Waals surface area contributed by atoms with Crippen LogP contribution in [0.3, 0.4) is 0 Å². The molecule has 38 heavy (non-hydrogen) atoms. The van der Waals surface area contributed by atoms with Gasteiger partial charge in [-0.2, -0.15) is 0 Å². The molecule has 0 aliphatic heterocycles. The lowest BCUT2D eigenvalue weighted by Gasteiger charge is -2.29. The summed E-state index contributed by atoms with van der Waals surface area (Å²) < 4.78 is 30.1. The molecule has 3 heterocycles. The van der Waals surface area contributed by atoms with Gasteiger partial charge in [-0.15, -0.1) is 0 Å². The zero-order valence-corrected chi connectivity index (χ0v) is 21.5. The fourth-order valence-electron chi connectivity index (χ4n) is 5.09. The maximum atomic E-state index is 13.5. The van der Waals surface area contributed by atoms with Gasteiger partial charge in [0.2, 0.25) is 0 Å². The minimum Gasteiger partial charge on any atom is -0.387 e. The SMILES string of the molecule is CNc1ccc(-n2c(=O)n(CC3CCC(NC(=O)c4cc(Cl)cnc4C(F)F)CC3)c3ccccc32)nc1. The number of pyridine rings is 2. The number of aromatic nitrogens is 4. The van der Waals surface area contributed by atoms with Crippen LogP contribution in [0.15, 0.2) is 59.7 Å². The van der Waals surface area contributed by atoms with Crippen molar-refractivity contribution in [3.63, 3.8) is 0 Å². The van der Waals surface area contributed by atoms with E-state index in [9.17, 15) is 18.4 Å². The molecule has 8 nitrogen and oxygen atoms in total. The van der Waals surface area contributed by atoms with Gasteiger partial charge in [0.1, 0.15) is 11.5 Å². The molecule has 0 atom stereocenters. The molecular formula is C27H27ClF2N6O2. The zero-order chi connectivity index (χ0) is 26.8. The molecule has 198 valence electrons. The van der Waals surface area contributed by atoms with Crippen LogP contribution in [0.4, 0.5) is 14.5 Å². The van der Waals surface area contributed by atoms with Crippen LogP contribution in [0.5, 0.6) is 0 Å². The van der Waals surface area contributed by atoms with Crippen molar-refractivity contribution in [1.82, 2.24) is 24.4 Å². The summed E-state index contributed by atoms with van der Waals surface area (Å²) in [6.45, 7) is 0.537. The Morgan fingerprint density at radius 1 is 1.08 bits per heavy atom. The molecule has 5 rings (SSSR count). The van der Waals surface area contributed by atoms with Gasteiger partial charge in [-0.25, -0.2) is 23.1 Å². The van der Waals surface area contributed by atoms with Crippen molar-refractivity contribution >= 4 is 34.2 Å². The second kappa shape index (κ2) is 10.9. The zero-order valence-electron chi connectivity index (χ0n) is 20.7. The van der Waals surface area contributed by atoms with E-state index in [1.165, 1.54) is 6.07 Å². The summed E-state index contributed by atoms with van der Waals surface area (Å²) in [5.74, 6) is 0.174. The molecule has 4 aromatic rings. The molecule has 11 heteroatoms. The Morgan fingerprint density at radius 2 is 1.82 bits per heavy atom. The lowest BCUT2D eigenvalue weighted by Crippen LogP contribution is -2.39. The maximum Gasteiger partial charge on any atom is 0.334 e. The smallest absolute Gasteiger partial charge is 0.334 e. The number of halogens is 3. The van der Waals surface area contributed by atoms with Gasteiger partial charge < -0.3 is 10.6 Å². The van der Waals surface area contributed by atoms with Crippen molar-refractivity contribution in [3.05, 3.63) is 81.6 Å². The van der Waals surface area contributed by atoms with E-state index in [0.29, 0.717) is 25.2 Å². The second-order valence-electron chi connectivity index (χ2n) is 9.45. The number of carbonyl (C=O) groups excluding carboxylic acids is 1. The van der Waals surface area contributed by atoms with Crippen LogP contribution in [-0.4, -0.2) is 38.1 Å². The van der Waals surface area contributed by atoms with Crippen molar-refractivity contribution in [1.29, 1.82) is 0 Å². The van der Waals surface area contributed by atoms with Gasteiger partial charge in [0.05, 0.1) is 33.5 Å². The highest BCUT2D eigenvalue weighted by molar-refractivity contribution is 6.30. The number of nitrogens with one attached hydrogen (secondary N) is 2. The van der Waals surface area contributed by atoms with E-state index in [1.54, 1.807) is 15.3 Å². The van der Waals surface area contributed by atoms with Crippen molar-refractivity contribution < 1.29 is 13.6 Å². The Hall–Kier alpha value is -3.79. The normalized spacial score (nSPS) is 17.6. The molecule has 1 amide bonds. The highest BCUT2D eigenvalue weighted by Crippen LogP contribution is 2.28. The highest BCUT2D eigenvalue weighted by atomic mass is 35.5. The lowest BCUT2D eigenvalue weighted by atomic mass is 9.85. The quantitative estimate of drug-likeness (QED) is 0.336. The van der Waals surface area contributed by atoms with Crippen LogP contribution >= 0.6 is 11.6 Å². The number of hydrogen-bond acceptors (Lipinski definition) is 5. The first-order valence-corrected chi connectivity index (χ1v) is 12.8. The van der Waals surface area contributed by atoms with Gasteiger partial charge in [0, 0.05) is 25.8 Å². The van der Waals surface area contributed by atoms with Gasteiger partial charge in [-0.1, -0.05) is 23.7 Å². The first-order chi connectivity index (χ1) is 18.4. The summed E-state index contributed by atoms with van der Waals surface area (Å²) in [4.78, 5) is 34.4. The maximum absolute atomic E-state index is 13.5. The number of imidazole rings is 1. The number of carbonyl (C=O) groups is 1. The van der Waals surface area contributed by atoms with E-state index in [1.807, 2.05) is 43.4 Å². The Bertz CT molecular complexity index is 1510. The second-order valence-corrected chi connectivity index (χ2v) is 9.89. The van der Waals surface area contributed by atoms with E-state index in [-0.39, 0.29) is 28.2 Å². The van der Waals surface area contributed by atoms with Crippen LogP contribution in [0.1, 0.15) is 48.2 Å². The molecule has 0 radical (unpaired) electrons. The predicted molar refractivity (Wildman–Crippen MR) is 142 cm³/mol. The number of benzene rings is 1. The van der Waals surface area contributed by atoms with Gasteiger partial charge in [-0.05, 0) is 61.9 Å². The van der Waals surface area contributed by atoms with Crippen molar-refractivity contribution in [2.75, 3.05) is 12.4 Å². The number of alkyl halides is 2. The largest absolute Gasteiger partial charge is 0.387 e. The molecule has 0 unspecified atom stereocenters. The van der Waals surface area contributed by atoms with Crippen molar-refractivity contribution in [2.24, 2.45) is 5.92 Å². The minimum atomic E-state index is -2.87. The van der Waals surface area contributed by atoms with Gasteiger partial charge >= 0.3 is 5.69 Å². The molecular weight excluding hydrogens is 514 g/mol. The molecule has 3 aromatic heterocycles. The molecule has 1 aliphatic carbocycles. The molecule has 0 spiro atoms. The van der Waals surface area contributed by atoms with E-state index >= 15 is 0 Å². The number of nitrogens with zero attached hydrogens (tertiary/aromatic N) is 4. The number of fused-ring (bicyclic) bond motifs is 1. The average Bonchev–Trinajstić information content (AvgIpc) is 3.20. The summed E-state index contributed by atoms with van der Waals surface area (Å²) in [7, 11) is 1.81. The third kappa shape index (κ3) is 5.13. The van der Waals surface area contributed by atoms with Crippen molar-refractivity contribution in [3.8, 4) is 5.82 Å². The Balaban J connectivity index is 1.30. The predicted octanol–water partition coefficient (Wildman–Crippen LogP) is 5.20. The lowest BCUT2D eigenvalue weighted by molar-refractivity contribution is 0.0904. The summed E-state index contributed by atoms with van der Waals surface area (Å²) >= 11 is 5.89. The molecule has 1 aromatic carbocycles. The van der Waals surface area contributed by atoms with Crippen LogP contribution in [-0.2, 0) is 6.54 Å². The molecule has 0 bridgehead atoms. The first-order valence-electron chi connectivity index (χ1n) is 12.4. The summed E-state index contributed by atoms with van der Waals surface area (Å²) in [6.07, 6.45) is 2.83. The van der Waals surface area contributed by atoms with E-state index in [2.05, 4.69) is 20.6 Å². The average molecular weight is 541 g/mol. The summed E-state index contributed by atoms with van der Waals surface area (Å²) in [6, 6.07) is 12.4. The summed E-state index contributed by atoms with van der Waals surface area (Å²) in [5, 5.41) is 6.01. The number of anilines is 1. The standard InChI is InChI=1S/C27H27ClF2N6O2/c1-31-19-10-11-23(32-14-19)36-22-5-3-2-4-21(22)35(27(36)38)15-16-6-8-18(9-7-16)34-26(37)20-12-17(28)13-33-24(20)25(29)30/h2-5,10-14,16,18,25,31H,6-9,15H2,1H3,(H,34,37). The van der Waals surface area contributed by atoms with Crippen LogP contribution in [0.2, 0.25) is 5.02 Å². The molecule has 1 saturated carbocycles. The third-order valence-electron chi connectivity index (χ3n) is 7.06. The fraction of sp³-hybridized carbons (Fsp3) is 0.333. The first kappa shape index (κ1) is 25.8. The Morgan fingerprint density at radius 3 is 2.47 bits per heavy atom. The molecule has 1 fully saturated rings. The van der Waals surface area contributed by atoms with E-state index < -0.39 is 18.0 Å². The van der Waals surface area contributed by atoms with Crippen LogP contribution < -0.4 is 16.3 Å². The van der Waals surface area contributed by atoms with E-state index in [0.717, 1.165) is 35.8 Å². The minimum absolute atomic E-state index is 0.126. The van der Waals surface area contributed by atoms with E-state index in [4.69, 9.17) is 11.6 Å². The van der Waals surface area contributed by atoms with Gasteiger partial charge in [0.15, 0.2) is 0 Å². The topological polar surface area (TPSA) is 93.8 Å². The summed E-state index contributed by atoms with van der Waals surface area (Å²) in [5.41, 5.74) is 1.54. The van der Waals surface area contributed by atoms with Crippen LogP contribution in [0, 0.1) is 5.92 Å². The monoisotopic (exact) mass is 540 g/mol. The van der Waals surface area contributed by atoms with Crippen LogP contribution in [0.25, 0.3) is 16.9 Å². The van der Waals surface area contributed by atoms with Crippen molar-refractivity contribution in [2.45, 2.75) is 44.7 Å². The Labute approximate surface area is 222 Å². The highest BCUT2D eigenvalue weighted by Gasteiger charge is 2.27. The number of hydrogen-bond donors (Lipinski definition) is 2. The van der Waals surface area contributed by atoms with Gasteiger partial charge in [-0.3, -0.25) is 14.3 Å². The Kier molecular flexibility index (Phi) is 7.42. The number of amides is 1.